The maximum atomic E-state index is 6.49. The lowest BCUT2D eigenvalue weighted by molar-refractivity contribution is 0.669. The maximum Gasteiger partial charge on any atom is 0.143 e. The summed E-state index contributed by atoms with van der Waals surface area (Å²) in [5, 5.41) is 6.79. The fourth-order valence-electron chi connectivity index (χ4n) is 8.24. The Morgan fingerprint density at radius 3 is 1.55 bits per heavy atom. The molecule has 9 aromatic carbocycles. The molecule has 3 nitrogen and oxygen atoms in total. The van der Waals surface area contributed by atoms with Crippen molar-refractivity contribution in [2.75, 3.05) is 4.90 Å². The summed E-state index contributed by atoms with van der Waals surface area (Å²) >= 11 is 0. The predicted octanol–water partition coefficient (Wildman–Crippen LogP) is 15.1. The van der Waals surface area contributed by atoms with E-state index < -0.39 is 0 Å². The fraction of sp³-hybridized carbons (Fsp3) is 0. The van der Waals surface area contributed by atoms with Gasteiger partial charge in [0.05, 0.1) is 5.69 Å². The van der Waals surface area contributed by atoms with Crippen LogP contribution < -0.4 is 4.90 Å². The van der Waals surface area contributed by atoms with Gasteiger partial charge in [0, 0.05) is 43.9 Å². The van der Waals surface area contributed by atoms with Gasteiger partial charge < -0.3 is 13.7 Å². The molecule has 2 heterocycles. The van der Waals surface area contributed by atoms with Crippen LogP contribution in [0.2, 0.25) is 0 Å². The zero-order valence-electron chi connectivity index (χ0n) is 29.8. The van der Waals surface area contributed by atoms with E-state index >= 15 is 0 Å². The number of hydrogen-bond acceptors (Lipinski definition) is 3. The summed E-state index contributed by atoms with van der Waals surface area (Å²) in [5.74, 6) is 0. The molecule has 3 heteroatoms. The van der Waals surface area contributed by atoms with Gasteiger partial charge in [-0.1, -0.05) is 140 Å². The van der Waals surface area contributed by atoms with Crippen LogP contribution in [0.1, 0.15) is 0 Å². The standard InChI is InChI=1S/C52H33NO2/c1-2-11-34(12-3-1)35-21-26-38(27-22-35)53(39-28-23-36(24-29-39)37-25-30-45-43-14-5-8-19-49(43)54-51(45)33-37)48-18-7-4-13-42(48)40-16-10-17-46-41(40)31-32-47-44-15-6-9-20-50(44)55-52(46)47/h1-33H. The zero-order chi connectivity index (χ0) is 36.3. The third kappa shape index (κ3) is 5.20. The van der Waals surface area contributed by atoms with E-state index in [0.29, 0.717) is 0 Å². The van der Waals surface area contributed by atoms with Crippen molar-refractivity contribution in [2.45, 2.75) is 0 Å². The molecular formula is C52H33NO2. The maximum absolute atomic E-state index is 6.49. The van der Waals surface area contributed by atoms with Crippen molar-refractivity contribution < 1.29 is 8.83 Å². The van der Waals surface area contributed by atoms with Crippen LogP contribution in [-0.4, -0.2) is 0 Å². The van der Waals surface area contributed by atoms with Crippen molar-refractivity contribution >= 4 is 71.7 Å². The van der Waals surface area contributed by atoms with Crippen molar-refractivity contribution in [2.24, 2.45) is 0 Å². The summed E-state index contributed by atoms with van der Waals surface area (Å²) in [6.45, 7) is 0. The average Bonchev–Trinajstić information content (AvgIpc) is 3.83. The van der Waals surface area contributed by atoms with E-state index in [1.54, 1.807) is 0 Å². The summed E-state index contributed by atoms with van der Waals surface area (Å²) in [6.07, 6.45) is 0. The Morgan fingerprint density at radius 1 is 0.291 bits per heavy atom. The summed E-state index contributed by atoms with van der Waals surface area (Å²) in [5.41, 5.74) is 13.7. The zero-order valence-corrected chi connectivity index (χ0v) is 29.8. The van der Waals surface area contributed by atoms with E-state index in [-0.39, 0.29) is 0 Å². The van der Waals surface area contributed by atoms with E-state index in [4.69, 9.17) is 8.83 Å². The second kappa shape index (κ2) is 12.6. The minimum absolute atomic E-state index is 0.895. The van der Waals surface area contributed by atoms with Gasteiger partial charge >= 0.3 is 0 Å². The number of furan rings is 2. The van der Waals surface area contributed by atoms with Gasteiger partial charge in [0.25, 0.3) is 0 Å². The number of nitrogens with zero attached hydrogens (tertiary/aromatic N) is 1. The van der Waals surface area contributed by atoms with Crippen LogP contribution in [0.15, 0.2) is 209 Å². The molecule has 0 atom stereocenters. The largest absolute Gasteiger partial charge is 0.456 e. The Bertz CT molecular complexity index is 3190. The second-order valence-corrected chi connectivity index (χ2v) is 14.1. The Balaban J connectivity index is 1.06. The normalized spacial score (nSPS) is 11.6. The number of para-hydroxylation sites is 3. The number of fused-ring (bicyclic) bond motifs is 8. The Kier molecular flexibility index (Phi) is 7.17. The minimum atomic E-state index is 0.895. The molecule has 0 radical (unpaired) electrons. The number of hydrogen-bond donors (Lipinski definition) is 0. The molecule has 0 aliphatic carbocycles. The molecule has 55 heavy (non-hydrogen) atoms. The van der Waals surface area contributed by atoms with Crippen molar-refractivity contribution in [3.63, 3.8) is 0 Å². The van der Waals surface area contributed by atoms with Gasteiger partial charge in [0.15, 0.2) is 0 Å². The van der Waals surface area contributed by atoms with Crippen molar-refractivity contribution in [3.8, 4) is 33.4 Å². The molecule has 0 aliphatic heterocycles. The van der Waals surface area contributed by atoms with E-state index in [1.165, 1.54) is 11.1 Å². The lowest BCUT2D eigenvalue weighted by atomic mass is 9.94. The monoisotopic (exact) mass is 703 g/mol. The number of rotatable bonds is 6. The molecule has 11 aromatic rings. The molecule has 0 aliphatic rings. The predicted molar refractivity (Wildman–Crippen MR) is 229 cm³/mol. The third-order valence-electron chi connectivity index (χ3n) is 10.9. The van der Waals surface area contributed by atoms with Gasteiger partial charge in [-0.2, -0.15) is 0 Å². The first-order chi connectivity index (χ1) is 27.3. The van der Waals surface area contributed by atoms with Gasteiger partial charge in [-0.3, -0.25) is 0 Å². The molecule has 11 rings (SSSR count). The number of benzene rings is 9. The quantitative estimate of drug-likeness (QED) is 0.173. The van der Waals surface area contributed by atoms with Crippen molar-refractivity contribution in [3.05, 3.63) is 200 Å². The molecule has 0 spiro atoms. The van der Waals surface area contributed by atoms with E-state index in [9.17, 15) is 0 Å². The molecule has 258 valence electrons. The van der Waals surface area contributed by atoms with E-state index in [2.05, 4.69) is 181 Å². The molecule has 0 saturated heterocycles. The van der Waals surface area contributed by atoms with Crippen LogP contribution in [-0.2, 0) is 0 Å². The summed E-state index contributed by atoms with van der Waals surface area (Å²) in [4.78, 5) is 2.37. The van der Waals surface area contributed by atoms with Crippen LogP contribution >= 0.6 is 0 Å². The fourth-order valence-corrected chi connectivity index (χ4v) is 8.24. The van der Waals surface area contributed by atoms with Gasteiger partial charge in [0.1, 0.15) is 22.3 Å². The van der Waals surface area contributed by atoms with Crippen LogP contribution in [0.25, 0.3) is 88.0 Å². The van der Waals surface area contributed by atoms with Gasteiger partial charge in [-0.15, -0.1) is 0 Å². The number of anilines is 3. The molecule has 0 amide bonds. The molecule has 0 bridgehead atoms. The Morgan fingerprint density at radius 2 is 0.782 bits per heavy atom. The van der Waals surface area contributed by atoms with Crippen molar-refractivity contribution in [1.29, 1.82) is 0 Å². The second-order valence-electron chi connectivity index (χ2n) is 14.1. The molecule has 0 fully saturated rings. The molecule has 0 unspecified atom stereocenters. The van der Waals surface area contributed by atoms with E-state index in [1.807, 2.05) is 24.3 Å². The first-order valence-electron chi connectivity index (χ1n) is 18.7. The summed E-state index contributed by atoms with van der Waals surface area (Å²) in [7, 11) is 0. The molecular weight excluding hydrogens is 671 g/mol. The van der Waals surface area contributed by atoms with Crippen LogP contribution in [0.3, 0.4) is 0 Å². The topological polar surface area (TPSA) is 29.5 Å². The summed E-state index contributed by atoms with van der Waals surface area (Å²) < 4.78 is 12.7. The third-order valence-corrected chi connectivity index (χ3v) is 10.9. The average molecular weight is 704 g/mol. The lowest BCUT2D eigenvalue weighted by Gasteiger charge is -2.28. The van der Waals surface area contributed by atoms with Gasteiger partial charge in [-0.25, -0.2) is 0 Å². The van der Waals surface area contributed by atoms with Gasteiger partial charge in [-0.05, 0) is 93.9 Å². The highest BCUT2D eigenvalue weighted by Crippen LogP contribution is 2.45. The smallest absolute Gasteiger partial charge is 0.143 e. The first-order valence-corrected chi connectivity index (χ1v) is 18.7. The van der Waals surface area contributed by atoms with Crippen LogP contribution in [0.5, 0.6) is 0 Å². The Labute approximate surface area is 317 Å². The van der Waals surface area contributed by atoms with E-state index in [0.717, 1.165) is 94.0 Å². The SMILES string of the molecule is c1ccc(-c2ccc(N(c3ccc(-c4ccc5c(c4)oc4ccccc45)cc3)c3ccccc3-c3cccc4c3ccc3c5ccccc5oc43)cc2)cc1. The highest BCUT2D eigenvalue weighted by molar-refractivity contribution is 6.18. The molecule has 0 saturated carbocycles. The lowest BCUT2D eigenvalue weighted by Crippen LogP contribution is -2.11. The van der Waals surface area contributed by atoms with Gasteiger partial charge in [0.2, 0.25) is 0 Å². The molecule has 0 N–H and O–H groups in total. The van der Waals surface area contributed by atoms with Crippen LogP contribution in [0.4, 0.5) is 17.1 Å². The highest BCUT2D eigenvalue weighted by Gasteiger charge is 2.20. The van der Waals surface area contributed by atoms with Crippen molar-refractivity contribution in [1.82, 2.24) is 0 Å². The molecule has 2 aromatic heterocycles. The first kappa shape index (κ1) is 31.2. The highest BCUT2D eigenvalue weighted by atomic mass is 16.3. The minimum Gasteiger partial charge on any atom is -0.456 e. The van der Waals surface area contributed by atoms with Crippen LogP contribution in [0, 0.1) is 0 Å². The summed E-state index contributed by atoms with van der Waals surface area (Å²) in [6, 6.07) is 71.0. The Hall–Kier alpha value is -7.36.